The summed E-state index contributed by atoms with van der Waals surface area (Å²) in [6.45, 7) is 0. The summed E-state index contributed by atoms with van der Waals surface area (Å²) in [4.78, 5) is 24.9. The van der Waals surface area contributed by atoms with Gasteiger partial charge < -0.3 is 20.1 Å². The number of methoxy groups -OCH3 is 2. The summed E-state index contributed by atoms with van der Waals surface area (Å²) in [5.41, 5.74) is 3.51. The maximum atomic E-state index is 12.5. The predicted molar refractivity (Wildman–Crippen MR) is 154 cm³/mol. The fourth-order valence-electron chi connectivity index (χ4n) is 5.08. The highest BCUT2D eigenvalue weighted by Gasteiger charge is 2.29. The van der Waals surface area contributed by atoms with E-state index in [4.69, 9.17) is 9.47 Å². The molecular weight excluding hydrogens is 520 g/mol. The van der Waals surface area contributed by atoms with Crippen molar-refractivity contribution in [3.8, 4) is 11.5 Å². The van der Waals surface area contributed by atoms with Crippen LogP contribution in [-0.2, 0) is 22.4 Å². The van der Waals surface area contributed by atoms with Crippen LogP contribution < -0.4 is 20.1 Å². The summed E-state index contributed by atoms with van der Waals surface area (Å²) in [7, 11) is 3.19. The summed E-state index contributed by atoms with van der Waals surface area (Å²) in [6.07, 6.45) is 3.24. The SMILES string of the molecule is COc1cccc(CC(=O)Nc2ccc([C@@H]3CC[C@@H](c4ccc(NC(=O)Cc5cccc(OC)c5)nn4)C3)nn2)c1. The van der Waals surface area contributed by atoms with Gasteiger partial charge in [0.1, 0.15) is 11.5 Å². The van der Waals surface area contributed by atoms with E-state index in [1.54, 1.807) is 26.4 Å². The average molecular weight is 553 g/mol. The van der Waals surface area contributed by atoms with Crippen molar-refractivity contribution in [1.82, 2.24) is 20.4 Å². The molecule has 2 atom stereocenters. The molecule has 1 fully saturated rings. The first-order valence-corrected chi connectivity index (χ1v) is 13.5. The maximum Gasteiger partial charge on any atom is 0.229 e. The normalized spacial score (nSPS) is 16.1. The van der Waals surface area contributed by atoms with E-state index in [2.05, 4.69) is 31.0 Å². The molecule has 0 unspecified atom stereocenters. The predicted octanol–water partition coefficient (Wildman–Crippen LogP) is 4.70. The van der Waals surface area contributed by atoms with E-state index in [1.165, 1.54) is 0 Å². The zero-order valence-corrected chi connectivity index (χ0v) is 23.0. The molecule has 2 heterocycles. The largest absolute Gasteiger partial charge is 0.497 e. The van der Waals surface area contributed by atoms with Gasteiger partial charge in [-0.25, -0.2) is 0 Å². The maximum absolute atomic E-state index is 12.5. The number of carbonyl (C=O) groups excluding carboxylic acids is 2. The van der Waals surface area contributed by atoms with Gasteiger partial charge in [0, 0.05) is 11.8 Å². The summed E-state index contributed by atoms with van der Waals surface area (Å²) in [5, 5.41) is 22.9. The Bertz CT molecular complexity index is 1380. The number of hydrogen-bond acceptors (Lipinski definition) is 8. The Morgan fingerprint density at radius 1 is 0.683 bits per heavy atom. The van der Waals surface area contributed by atoms with Crippen LogP contribution in [0, 0.1) is 0 Å². The van der Waals surface area contributed by atoms with Gasteiger partial charge in [-0.05, 0) is 78.9 Å². The van der Waals surface area contributed by atoms with Crippen LogP contribution in [0.15, 0.2) is 72.8 Å². The second kappa shape index (κ2) is 13.0. The van der Waals surface area contributed by atoms with Crippen molar-refractivity contribution in [2.75, 3.05) is 24.9 Å². The molecule has 1 aliphatic rings. The Labute approximate surface area is 238 Å². The van der Waals surface area contributed by atoms with Crippen molar-refractivity contribution in [1.29, 1.82) is 0 Å². The van der Waals surface area contributed by atoms with Gasteiger partial charge in [0.25, 0.3) is 0 Å². The minimum atomic E-state index is -0.167. The highest BCUT2D eigenvalue weighted by Crippen LogP contribution is 2.42. The highest BCUT2D eigenvalue weighted by atomic mass is 16.5. The van der Waals surface area contributed by atoms with Crippen LogP contribution in [0.25, 0.3) is 0 Å². The zero-order chi connectivity index (χ0) is 28.6. The molecule has 1 saturated carbocycles. The Kier molecular flexibility index (Phi) is 8.78. The highest BCUT2D eigenvalue weighted by molar-refractivity contribution is 5.91. The number of amides is 2. The van der Waals surface area contributed by atoms with Gasteiger partial charge in [0.2, 0.25) is 11.8 Å². The molecule has 2 aromatic carbocycles. The second-order valence-electron chi connectivity index (χ2n) is 10.0. The zero-order valence-electron chi connectivity index (χ0n) is 23.0. The molecule has 2 aromatic heterocycles. The molecule has 0 saturated heterocycles. The van der Waals surface area contributed by atoms with Crippen LogP contribution >= 0.6 is 0 Å². The fraction of sp³-hybridized carbons (Fsp3) is 0.290. The molecule has 210 valence electrons. The lowest BCUT2D eigenvalue weighted by Crippen LogP contribution is -2.16. The number of ether oxygens (including phenoxy) is 2. The molecule has 2 N–H and O–H groups in total. The topological polar surface area (TPSA) is 128 Å². The van der Waals surface area contributed by atoms with E-state index in [1.807, 2.05) is 60.7 Å². The van der Waals surface area contributed by atoms with Crippen molar-refractivity contribution in [2.45, 2.75) is 43.9 Å². The Hall–Kier alpha value is -4.86. The minimum absolute atomic E-state index is 0.167. The smallest absolute Gasteiger partial charge is 0.229 e. The number of aromatic nitrogens is 4. The lowest BCUT2D eigenvalue weighted by molar-refractivity contribution is -0.116. The molecule has 10 heteroatoms. The molecule has 5 rings (SSSR count). The van der Waals surface area contributed by atoms with Crippen LogP contribution in [0.4, 0.5) is 11.6 Å². The first kappa shape index (κ1) is 27.7. The van der Waals surface area contributed by atoms with Gasteiger partial charge in [0.05, 0.1) is 38.4 Å². The van der Waals surface area contributed by atoms with Gasteiger partial charge in [-0.1, -0.05) is 24.3 Å². The molecular formula is C31H32N6O4. The number of nitrogens with one attached hydrogen (secondary N) is 2. The van der Waals surface area contributed by atoms with Gasteiger partial charge in [0.15, 0.2) is 11.6 Å². The second-order valence-corrected chi connectivity index (χ2v) is 10.0. The molecule has 0 spiro atoms. The first-order chi connectivity index (χ1) is 20.0. The number of carbonyl (C=O) groups is 2. The van der Waals surface area contributed by atoms with E-state index < -0.39 is 0 Å². The van der Waals surface area contributed by atoms with Gasteiger partial charge in [-0.2, -0.15) is 10.2 Å². The van der Waals surface area contributed by atoms with E-state index >= 15 is 0 Å². The summed E-state index contributed by atoms with van der Waals surface area (Å²) in [6, 6.07) is 22.3. The third-order valence-electron chi connectivity index (χ3n) is 7.17. The van der Waals surface area contributed by atoms with Crippen LogP contribution in [-0.4, -0.2) is 46.4 Å². The van der Waals surface area contributed by atoms with E-state index in [0.29, 0.717) is 23.1 Å². The van der Waals surface area contributed by atoms with Gasteiger partial charge in [-0.3, -0.25) is 9.59 Å². The van der Waals surface area contributed by atoms with Gasteiger partial charge >= 0.3 is 0 Å². The number of rotatable bonds is 10. The van der Waals surface area contributed by atoms with Crippen LogP contribution in [0.2, 0.25) is 0 Å². The number of benzene rings is 2. The van der Waals surface area contributed by atoms with Gasteiger partial charge in [-0.15, -0.1) is 10.2 Å². The lowest BCUT2D eigenvalue weighted by Gasteiger charge is -2.11. The van der Waals surface area contributed by atoms with Crippen molar-refractivity contribution in [2.24, 2.45) is 0 Å². The minimum Gasteiger partial charge on any atom is -0.497 e. The van der Waals surface area contributed by atoms with Crippen molar-refractivity contribution < 1.29 is 19.1 Å². The summed E-state index contributed by atoms with van der Waals surface area (Å²) >= 11 is 0. The van der Waals surface area contributed by atoms with Crippen LogP contribution in [0.1, 0.15) is 53.6 Å². The quantitative estimate of drug-likeness (QED) is 0.290. The van der Waals surface area contributed by atoms with E-state index in [9.17, 15) is 9.59 Å². The standard InChI is InChI=1S/C31H32N6O4/c1-40-24-7-3-5-20(15-24)17-30(38)32-28-13-11-26(34-36-28)22-9-10-23(19-22)27-12-14-29(37-35-27)33-31(39)18-21-6-4-8-25(16-21)41-2/h3-8,11-16,22-23H,9-10,17-19H2,1-2H3,(H,32,36,38)(H,33,37,39)/t22-,23-/m1/s1. The Morgan fingerprint density at radius 3 is 1.54 bits per heavy atom. The first-order valence-electron chi connectivity index (χ1n) is 13.5. The molecule has 0 radical (unpaired) electrons. The van der Waals surface area contributed by atoms with E-state index in [0.717, 1.165) is 41.8 Å². The number of hydrogen-bond donors (Lipinski definition) is 2. The van der Waals surface area contributed by atoms with Crippen LogP contribution in [0.3, 0.4) is 0 Å². The Morgan fingerprint density at radius 2 is 1.15 bits per heavy atom. The molecule has 2 amide bonds. The third kappa shape index (κ3) is 7.42. The molecule has 0 aliphatic heterocycles. The van der Waals surface area contributed by atoms with Crippen molar-refractivity contribution >= 4 is 23.5 Å². The van der Waals surface area contributed by atoms with Crippen molar-refractivity contribution in [3.05, 3.63) is 95.3 Å². The molecule has 1 aliphatic carbocycles. The number of nitrogens with zero attached hydrogens (tertiary/aromatic N) is 4. The van der Waals surface area contributed by atoms with Crippen molar-refractivity contribution in [3.63, 3.8) is 0 Å². The molecule has 10 nitrogen and oxygen atoms in total. The summed E-state index contributed by atoms with van der Waals surface area (Å²) in [5.74, 6) is 2.43. The molecule has 0 bridgehead atoms. The van der Waals surface area contributed by atoms with E-state index in [-0.39, 0.29) is 36.5 Å². The average Bonchev–Trinajstić information content (AvgIpc) is 3.48. The molecule has 4 aromatic rings. The third-order valence-corrected chi connectivity index (χ3v) is 7.17. The van der Waals surface area contributed by atoms with Crippen LogP contribution in [0.5, 0.6) is 11.5 Å². The monoisotopic (exact) mass is 552 g/mol. The lowest BCUT2D eigenvalue weighted by atomic mass is 9.99. The fourth-order valence-corrected chi connectivity index (χ4v) is 5.08. The summed E-state index contributed by atoms with van der Waals surface area (Å²) < 4.78 is 10.4. The molecule has 41 heavy (non-hydrogen) atoms. The Balaban J connectivity index is 1.11. The number of anilines is 2.